The van der Waals surface area contributed by atoms with E-state index in [9.17, 15) is 13.2 Å². The molecule has 1 unspecified atom stereocenters. The Hall–Kier alpha value is -0.820. The molecule has 2 rings (SSSR count). The molecule has 5 nitrogen and oxygen atoms in total. The third kappa shape index (κ3) is 3.88. The molecule has 21 heavy (non-hydrogen) atoms. The smallest absolute Gasteiger partial charge is 0.337 e. The van der Waals surface area contributed by atoms with Gasteiger partial charge in [-0.1, -0.05) is 30.1 Å². The molecule has 8 heteroatoms. The summed E-state index contributed by atoms with van der Waals surface area (Å²) in [7, 11) is -3.90. The average Bonchev–Trinajstić information content (AvgIpc) is 3.22. The predicted molar refractivity (Wildman–Crippen MR) is 80.5 cm³/mol. The first-order valence-electron chi connectivity index (χ1n) is 6.44. The van der Waals surface area contributed by atoms with Crippen molar-refractivity contribution in [2.75, 3.05) is 6.54 Å². The maximum absolute atomic E-state index is 12.3. The Morgan fingerprint density at radius 1 is 1.43 bits per heavy atom. The molecule has 0 amide bonds. The number of nitrogens with one attached hydrogen (secondary N) is 1. The fraction of sp³-hybridized carbons (Fsp3) is 0.462. The molecule has 1 fully saturated rings. The topological polar surface area (TPSA) is 83.5 Å². The van der Waals surface area contributed by atoms with Gasteiger partial charge in [-0.3, -0.25) is 0 Å². The summed E-state index contributed by atoms with van der Waals surface area (Å²) in [6.45, 7) is 2.26. The molecule has 1 atom stereocenters. The van der Waals surface area contributed by atoms with E-state index in [4.69, 9.17) is 28.3 Å². The molecule has 1 aromatic carbocycles. The van der Waals surface area contributed by atoms with E-state index in [-0.39, 0.29) is 33.0 Å². The Morgan fingerprint density at radius 3 is 2.57 bits per heavy atom. The van der Waals surface area contributed by atoms with Crippen LogP contribution in [0.1, 0.15) is 30.1 Å². The molecule has 0 radical (unpaired) electrons. The van der Waals surface area contributed by atoms with Gasteiger partial charge in [0.25, 0.3) is 0 Å². The van der Waals surface area contributed by atoms with E-state index in [1.807, 2.05) is 6.92 Å². The maximum Gasteiger partial charge on any atom is 0.337 e. The van der Waals surface area contributed by atoms with Crippen molar-refractivity contribution in [2.24, 2.45) is 11.8 Å². The number of hydrogen-bond acceptors (Lipinski definition) is 3. The monoisotopic (exact) mass is 351 g/mol. The second-order valence-electron chi connectivity index (χ2n) is 5.24. The molecule has 1 saturated carbocycles. The molecule has 1 aromatic rings. The Balaban J connectivity index is 2.28. The van der Waals surface area contributed by atoms with Gasteiger partial charge >= 0.3 is 5.97 Å². The highest BCUT2D eigenvalue weighted by atomic mass is 35.5. The molecule has 0 heterocycles. The number of hydrogen-bond donors (Lipinski definition) is 2. The first-order chi connectivity index (χ1) is 9.72. The van der Waals surface area contributed by atoms with Crippen molar-refractivity contribution in [1.82, 2.24) is 4.72 Å². The van der Waals surface area contributed by atoms with E-state index < -0.39 is 16.0 Å². The zero-order valence-corrected chi connectivity index (χ0v) is 13.6. The van der Waals surface area contributed by atoms with Gasteiger partial charge in [0.1, 0.15) is 4.90 Å². The largest absolute Gasteiger partial charge is 0.478 e. The van der Waals surface area contributed by atoms with E-state index in [1.165, 1.54) is 0 Å². The van der Waals surface area contributed by atoms with Crippen LogP contribution in [0.4, 0.5) is 0 Å². The molecule has 0 aromatic heterocycles. The predicted octanol–water partition coefficient (Wildman–Crippen LogP) is 3.02. The Kier molecular flexibility index (Phi) is 4.82. The van der Waals surface area contributed by atoms with Gasteiger partial charge in [0.05, 0.1) is 10.6 Å². The number of sulfonamides is 1. The van der Waals surface area contributed by atoms with Gasteiger partial charge in [-0.05, 0) is 36.8 Å². The van der Waals surface area contributed by atoms with Gasteiger partial charge in [-0.15, -0.1) is 0 Å². The van der Waals surface area contributed by atoms with Gasteiger partial charge in [0, 0.05) is 11.6 Å². The third-order valence-electron chi connectivity index (χ3n) is 3.55. The Bertz CT molecular complexity index is 671. The van der Waals surface area contributed by atoms with Gasteiger partial charge in [0.15, 0.2) is 0 Å². The highest BCUT2D eigenvalue weighted by Gasteiger charge is 2.30. The van der Waals surface area contributed by atoms with Crippen LogP contribution in [0.15, 0.2) is 17.0 Å². The lowest BCUT2D eigenvalue weighted by Crippen LogP contribution is -2.29. The number of aromatic carboxylic acids is 1. The van der Waals surface area contributed by atoms with Crippen LogP contribution >= 0.6 is 23.2 Å². The fourth-order valence-corrected chi connectivity index (χ4v) is 4.11. The molecule has 0 spiro atoms. The third-order valence-corrected chi connectivity index (χ3v) is 5.73. The number of carbonyl (C=O) groups is 1. The van der Waals surface area contributed by atoms with E-state index in [1.54, 1.807) is 0 Å². The van der Waals surface area contributed by atoms with Crippen molar-refractivity contribution in [3.05, 3.63) is 27.7 Å². The van der Waals surface area contributed by atoms with Crippen LogP contribution in [-0.4, -0.2) is 26.0 Å². The summed E-state index contributed by atoms with van der Waals surface area (Å²) in [5.74, 6) is -0.543. The van der Waals surface area contributed by atoms with Crippen LogP contribution in [0.2, 0.25) is 10.0 Å². The summed E-state index contributed by atoms with van der Waals surface area (Å²) >= 11 is 11.7. The summed E-state index contributed by atoms with van der Waals surface area (Å²) in [4.78, 5) is 10.8. The molecular formula is C13H15Cl2NO4S. The molecule has 2 N–H and O–H groups in total. The lowest BCUT2D eigenvalue weighted by Gasteiger charge is -2.14. The SMILES string of the molecule is CC(CNS(=O)(=O)c1cc(Cl)cc(C(=O)O)c1Cl)C1CC1. The van der Waals surface area contributed by atoms with Crippen LogP contribution in [0.25, 0.3) is 0 Å². The number of carboxylic acids is 1. The molecule has 1 aliphatic carbocycles. The zero-order valence-electron chi connectivity index (χ0n) is 11.3. The maximum atomic E-state index is 12.3. The minimum absolute atomic E-state index is 0.00687. The number of benzene rings is 1. The standard InChI is InChI=1S/C13H15Cl2NO4S/c1-7(8-2-3-8)6-16-21(19,20)11-5-9(14)4-10(12(11)15)13(17)18/h4-5,7-8,16H,2-3,6H2,1H3,(H,17,18). The minimum atomic E-state index is -3.90. The summed E-state index contributed by atoms with van der Waals surface area (Å²) < 4.78 is 27.0. The summed E-state index contributed by atoms with van der Waals surface area (Å²) in [5.41, 5.74) is -0.334. The van der Waals surface area contributed by atoms with Gasteiger partial charge in [-0.2, -0.15) is 0 Å². The lowest BCUT2D eigenvalue weighted by molar-refractivity contribution is 0.0697. The number of rotatable bonds is 6. The quantitative estimate of drug-likeness (QED) is 0.824. The lowest BCUT2D eigenvalue weighted by atomic mass is 10.1. The van der Waals surface area contributed by atoms with Crippen molar-refractivity contribution in [3.63, 3.8) is 0 Å². The zero-order chi connectivity index (χ0) is 15.8. The van der Waals surface area contributed by atoms with Crippen LogP contribution in [0.5, 0.6) is 0 Å². The Labute approximate surface area is 133 Å². The number of carboxylic acid groups (broad SMARTS) is 1. The highest BCUT2D eigenvalue weighted by molar-refractivity contribution is 7.89. The molecule has 0 bridgehead atoms. The van der Waals surface area contributed by atoms with Crippen molar-refractivity contribution < 1.29 is 18.3 Å². The number of halogens is 2. The van der Waals surface area contributed by atoms with E-state index in [0.29, 0.717) is 5.92 Å². The molecule has 116 valence electrons. The van der Waals surface area contributed by atoms with Crippen LogP contribution in [0, 0.1) is 11.8 Å². The van der Waals surface area contributed by atoms with Crippen molar-refractivity contribution >= 4 is 39.2 Å². The summed E-state index contributed by atoms with van der Waals surface area (Å²) in [5, 5.41) is 8.69. The normalized spacial score (nSPS) is 16.7. The second kappa shape index (κ2) is 6.12. The summed E-state index contributed by atoms with van der Waals surface area (Å²) in [6.07, 6.45) is 2.23. The fourth-order valence-electron chi connectivity index (χ4n) is 2.07. The first-order valence-corrected chi connectivity index (χ1v) is 8.68. The van der Waals surface area contributed by atoms with Gasteiger partial charge in [0.2, 0.25) is 10.0 Å². The van der Waals surface area contributed by atoms with Gasteiger partial charge in [-0.25, -0.2) is 17.9 Å². The van der Waals surface area contributed by atoms with Crippen LogP contribution in [-0.2, 0) is 10.0 Å². The highest BCUT2D eigenvalue weighted by Crippen LogP contribution is 2.36. The molecule has 1 aliphatic rings. The second-order valence-corrected chi connectivity index (χ2v) is 7.79. The van der Waals surface area contributed by atoms with Crippen molar-refractivity contribution in [1.29, 1.82) is 0 Å². The van der Waals surface area contributed by atoms with E-state index >= 15 is 0 Å². The molecule has 0 saturated heterocycles. The van der Waals surface area contributed by atoms with Crippen LogP contribution < -0.4 is 4.72 Å². The average molecular weight is 352 g/mol. The van der Waals surface area contributed by atoms with Gasteiger partial charge < -0.3 is 5.11 Å². The minimum Gasteiger partial charge on any atom is -0.478 e. The van der Waals surface area contributed by atoms with E-state index in [2.05, 4.69) is 4.72 Å². The summed E-state index contributed by atoms with van der Waals surface area (Å²) in [6, 6.07) is 2.28. The van der Waals surface area contributed by atoms with Crippen molar-refractivity contribution in [3.8, 4) is 0 Å². The van der Waals surface area contributed by atoms with E-state index in [0.717, 1.165) is 25.0 Å². The molecular weight excluding hydrogens is 337 g/mol. The van der Waals surface area contributed by atoms with Crippen molar-refractivity contribution in [2.45, 2.75) is 24.7 Å². The Morgan fingerprint density at radius 2 is 2.05 bits per heavy atom. The van der Waals surface area contributed by atoms with Crippen LogP contribution in [0.3, 0.4) is 0 Å². The molecule has 0 aliphatic heterocycles. The first kappa shape index (κ1) is 16.5.